The number of aliphatic hydroxyl groups is 1. The Morgan fingerprint density at radius 1 is 1.45 bits per heavy atom. The van der Waals surface area contributed by atoms with Crippen LogP contribution in [0.5, 0.6) is 0 Å². The van der Waals surface area contributed by atoms with Gasteiger partial charge in [-0.2, -0.15) is 0 Å². The fourth-order valence-corrected chi connectivity index (χ4v) is 3.12. The quantitative estimate of drug-likeness (QED) is 0.733. The van der Waals surface area contributed by atoms with E-state index < -0.39 is 15.3 Å². The maximum absolute atomic E-state index is 12.1. The molecule has 2 rings (SSSR count). The van der Waals surface area contributed by atoms with Gasteiger partial charge >= 0.3 is 0 Å². The number of β-amino-alcohol motifs (C(OH)–C–C–N with tert-alkyl or cyclic N) is 1. The fourth-order valence-electron chi connectivity index (χ4n) is 2.41. The van der Waals surface area contributed by atoms with E-state index in [1.54, 1.807) is 13.8 Å². The van der Waals surface area contributed by atoms with Crippen LogP contribution in [-0.2, 0) is 9.53 Å². The lowest BCUT2D eigenvalue weighted by Gasteiger charge is -2.34. The van der Waals surface area contributed by atoms with Gasteiger partial charge in [-0.25, -0.2) is 0 Å². The van der Waals surface area contributed by atoms with E-state index in [0.717, 1.165) is 13.1 Å². The molecule has 116 valence electrons. The van der Waals surface area contributed by atoms with Gasteiger partial charge in [-0.1, -0.05) is 0 Å². The Bertz CT molecular complexity index is 384. The second kappa shape index (κ2) is 5.61. The van der Waals surface area contributed by atoms with E-state index in [-0.39, 0.29) is 12.5 Å². The Morgan fingerprint density at radius 2 is 2.00 bits per heavy atom. The molecular weight excluding hydrogens is 303 g/mol. The van der Waals surface area contributed by atoms with Crippen LogP contribution in [0.1, 0.15) is 20.3 Å². The molecule has 2 aliphatic rings. The van der Waals surface area contributed by atoms with Crippen molar-refractivity contribution in [1.82, 2.24) is 10.2 Å². The third kappa shape index (κ3) is 3.57. The molecule has 0 aromatic rings. The molecule has 1 amide bonds. The molecule has 1 saturated heterocycles. The van der Waals surface area contributed by atoms with Gasteiger partial charge in [-0.15, -0.1) is 23.2 Å². The molecule has 0 radical (unpaired) electrons. The van der Waals surface area contributed by atoms with Crippen LogP contribution in [0, 0.1) is 5.41 Å². The third-order valence-corrected chi connectivity index (χ3v) is 5.16. The van der Waals surface area contributed by atoms with Crippen molar-refractivity contribution in [3.05, 3.63) is 0 Å². The summed E-state index contributed by atoms with van der Waals surface area (Å²) in [7, 11) is 0. The van der Waals surface area contributed by atoms with Gasteiger partial charge in [0.1, 0.15) is 4.33 Å². The molecule has 7 heteroatoms. The smallest absolute Gasteiger partial charge is 0.229 e. The van der Waals surface area contributed by atoms with Crippen LogP contribution in [0.15, 0.2) is 0 Å². The van der Waals surface area contributed by atoms with Gasteiger partial charge < -0.3 is 15.2 Å². The van der Waals surface area contributed by atoms with Crippen molar-refractivity contribution in [3.8, 4) is 0 Å². The maximum Gasteiger partial charge on any atom is 0.229 e. The number of halogens is 2. The topological polar surface area (TPSA) is 61.8 Å². The lowest BCUT2D eigenvalue weighted by Crippen LogP contribution is -2.52. The Hall–Kier alpha value is -0.0700. The molecule has 0 aromatic heterocycles. The van der Waals surface area contributed by atoms with Crippen molar-refractivity contribution in [2.75, 3.05) is 39.4 Å². The van der Waals surface area contributed by atoms with Crippen molar-refractivity contribution in [3.63, 3.8) is 0 Å². The minimum Gasteiger partial charge on any atom is -0.387 e. The zero-order valence-corrected chi connectivity index (χ0v) is 13.4. The van der Waals surface area contributed by atoms with Gasteiger partial charge in [0.25, 0.3) is 0 Å². The summed E-state index contributed by atoms with van der Waals surface area (Å²) < 4.78 is 4.29. The Kier molecular flexibility index (Phi) is 4.57. The first-order valence-electron chi connectivity index (χ1n) is 6.85. The molecule has 20 heavy (non-hydrogen) atoms. The molecule has 1 aliphatic carbocycles. The number of morpholine rings is 1. The second-order valence-corrected chi connectivity index (χ2v) is 7.77. The Morgan fingerprint density at radius 3 is 2.50 bits per heavy atom. The zero-order valence-electron chi connectivity index (χ0n) is 11.9. The SMILES string of the molecule is CC(O)(CNC(=O)C1(C)CC1(Cl)Cl)CN1CCOCC1. The van der Waals surface area contributed by atoms with Crippen molar-refractivity contribution in [2.24, 2.45) is 5.41 Å². The van der Waals surface area contributed by atoms with Crippen molar-refractivity contribution in [1.29, 1.82) is 0 Å². The molecule has 2 unspecified atom stereocenters. The number of amides is 1. The van der Waals surface area contributed by atoms with E-state index in [4.69, 9.17) is 27.9 Å². The van der Waals surface area contributed by atoms with Gasteiger partial charge in [0.05, 0.1) is 24.2 Å². The molecular formula is C13H22Cl2N2O3. The molecule has 2 atom stereocenters. The van der Waals surface area contributed by atoms with Crippen molar-refractivity contribution < 1.29 is 14.6 Å². The number of rotatable bonds is 5. The standard InChI is InChI=1S/C13H22Cl2N2O3/c1-11(19,9-17-3-5-20-6-4-17)8-16-10(18)12(2)7-13(12,14)15/h19H,3-9H2,1-2H3,(H,16,18). The average molecular weight is 325 g/mol. The van der Waals surface area contributed by atoms with Crippen LogP contribution >= 0.6 is 23.2 Å². The van der Waals surface area contributed by atoms with E-state index >= 15 is 0 Å². The van der Waals surface area contributed by atoms with Gasteiger partial charge in [-0.05, 0) is 20.3 Å². The number of ether oxygens (including phenoxy) is 1. The number of nitrogens with zero attached hydrogens (tertiary/aromatic N) is 1. The highest BCUT2D eigenvalue weighted by atomic mass is 35.5. The van der Waals surface area contributed by atoms with Gasteiger partial charge in [0.15, 0.2) is 0 Å². The molecule has 2 N–H and O–H groups in total. The minimum absolute atomic E-state index is 0.183. The first-order chi connectivity index (χ1) is 9.16. The molecule has 0 aromatic carbocycles. The highest BCUT2D eigenvalue weighted by Gasteiger charge is 2.67. The first kappa shape index (κ1) is 16.3. The number of hydrogen-bond acceptors (Lipinski definition) is 4. The third-order valence-electron chi connectivity index (χ3n) is 4.06. The van der Waals surface area contributed by atoms with Crippen LogP contribution < -0.4 is 5.32 Å². The minimum atomic E-state index is -0.987. The van der Waals surface area contributed by atoms with Crippen LogP contribution in [0.3, 0.4) is 0 Å². The zero-order chi connectivity index (χ0) is 15.0. The predicted octanol–water partition coefficient (Wildman–Crippen LogP) is 0.770. The van der Waals surface area contributed by atoms with Crippen LogP contribution in [-0.4, -0.2) is 65.2 Å². The average Bonchev–Trinajstić information content (AvgIpc) is 2.88. The lowest BCUT2D eigenvalue weighted by molar-refractivity contribution is -0.127. The Labute approximate surface area is 129 Å². The molecule has 0 spiro atoms. The normalized spacial score (nSPS) is 32.5. The fraction of sp³-hybridized carbons (Fsp3) is 0.923. The van der Waals surface area contributed by atoms with E-state index in [9.17, 15) is 9.90 Å². The summed E-state index contributed by atoms with van der Waals surface area (Å²) in [5.74, 6) is -0.204. The summed E-state index contributed by atoms with van der Waals surface area (Å²) in [6.45, 7) is 7.10. The second-order valence-electron chi connectivity index (χ2n) is 6.28. The monoisotopic (exact) mass is 324 g/mol. The summed E-state index contributed by atoms with van der Waals surface area (Å²) in [5, 5.41) is 13.1. The number of carbonyl (C=O) groups excluding carboxylic acids is 1. The molecule has 1 heterocycles. The van der Waals surface area contributed by atoms with E-state index in [1.165, 1.54) is 0 Å². The largest absolute Gasteiger partial charge is 0.387 e. The molecule has 2 fully saturated rings. The summed E-state index contributed by atoms with van der Waals surface area (Å²) in [5.41, 5.74) is -1.73. The van der Waals surface area contributed by atoms with E-state index in [0.29, 0.717) is 26.2 Å². The molecule has 0 bridgehead atoms. The van der Waals surface area contributed by atoms with Gasteiger partial charge in [0, 0.05) is 26.2 Å². The number of nitrogens with one attached hydrogen (secondary N) is 1. The molecule has 1 aliphatic heterocycles. The van der Waals surface area contributed by atoms with Crippen molar-refractivity contribution >= 4 is 29.1 Å². The number of hydrogen-bond donors (Lipinski definition) is 2. The highest BCUT2D eigenvalue weighted by molar-refractivity contribution is 6.53. The van der Waals surface area contributed by atoms with Gasteiger partial charge in [0.2, 0.25) is 5.91 Å². The Balaban J connectivity index is 1.78. The van der Waals surface area contributed by atoms with Gasteiger partial charge in [-0.3, -0.25) is 9.69 Å². The van der Waals surface area contributed by atoms with E-state index in [2.05, 4.69) is 10.2 Å². The lowest BCUT2D eigenvalue weighted by atomic mass is 10.0. The van der Waals surface area contributed by atoms with Crippen LogP contribution in [0.2, 0.25) is 0 Å². The summed E-state index contributed by atoms with van der Waals surface area (Å²) in [6, 6.07) is 0. The molecule has 1 saturated carbocycles. The predicted molar refractivity (Wildman–Crippen MR) is 78.1 cm³/mol. The highest BCUT2D eigenvalue weighted by Crippen LogP contribution is 2.63. The van der Waals surface area contributed by atoms with Crippen LogP contribution in [0.25, 0.3) is 0 Å². The number of alkyl halides is 2. The summed E-state index contributed by atoms with van der Waals surface area (Å²) >= 11 is 11.9. The maximum atomic E-state index is 12.1. The summed E-state index contributed by atoms with van der Waals surface area (Å²) in [4.78, 5) is 14.2. The first-order valence-corrected chi connectivity index (χ1v) is 7.61. The van der Waals surface area contributed by atoms with Crippen molar-refractivity contribution in [2.45, 2.75) is 30.2 Å². The molecule has 5 nitrogen and oxygen atoms in total. The number of carbonyl (C=O) groups is 1. The van der Waals surface area contributed by atoms with Crippen LogP contribution in [0.4, 0.5) is 0 Å². The van der Waals surface area contributed by atoms with E-state index in [1.807, 2.05) is 0 Å². The summed E-state index contributed by atoms with van der Waals surface area (Å²) in [6.07, 6.45) is 0.445.